The van der Waals surface area contributed by atoms with E-state index in [9.17, 15) is 23.5 Å². The van der Waals surface area contributed by atoms with Gasteiger partial charge in [0.1, 0.15) is 18.9 Å². The number of rotatable bonds is 2. The highest BCUT2D eigenvalue weighted by atomic mass is 19.1. The Morgan fingerprint density at radius 3 is 2.81 bits per heavy atom. The van der Waals surface area contributed by atoms with Gasteiger partial charge in [-0.3, -0.25) is 14.3 Å². The predicted molar refractivity (Wildman–Crippen MR) is 65.9 cm³/mol. The molecule has 0 amide bonds. The highest BCUT2D eigenvalue weighted by Gasteiger charge is 2.57. The Morgan fingerprint density at radius 2 is 2.24 bits per heavy atom. The molecule has 21 heavy (non-hydrogen) atoms. The molecule has 1 fully saturated rings. The lowest BCUT2D eigenvalue weighted by Gasteiger charge is -2.23. The summed E-state index contributed by atoms with van der Waals surface area (Å²) in [5, 5.41) is 18.9. The Labute approximate surface area is 116 Å². The molecule has 1 saturated heterocycles. The maximum atomic E-state index is 14.9. The van der Waals surface area contributed by atoms with Gasteiger partial charge in [0.05, 0.1) is 6.61 Å². The van der Waals surface area contributed by atoms with E-state index < -0.39 is 48.6 Å². The van der Waals surface area contributed by atoms with E-state index in [1.165, 1.54) is 0 Å². The van der Waals surface area contributed by atoms with Gasteiger partial charge < -0.3 is 14.9 Å². The third-order valence-electron chi connectivity index (χ3n) is 3.08. The quantitative estimate of drug-likeness (QED) is 0.575. The van der Waals surface area contributed by atoms with Gasteiger partial charge in [-0.1, -0.05) is 11.8 Å². The highest BCUT2D eigenvalue weighted by molar-refractivity contribution is 5.23. The normalized spacial score (nSPS) is 31.7. The molecule has 0 bridgehead atoms. The van der Waals surface area contributed by atoms with Crippen molar-refractivity contribution in [1.29, 1.82) is 0 Å². The summed E-state index contributed by atoms with van der Waals surface area (Å²) >= 11 is 0. The van der Waals surface area contributed by atoms with Crippen LogP contribution in [0.15, 0.2) is 21.9 Å². The number of alkyl halides is 2. The second kappa shape index (κ2) is 5.77. The summed E-state index contributed by atoms with van der Waals surface area (Å²) in [6, 6.07) is 0.951. The van der Waals surface area contributed by atoms with E-state index in [0.717, 1.165) is 12.3 Å². The van der Waals surface area contributed by atoms with Gasteiger partial charge in [0.25, 0.3) is 5.56 Å². The Kier molecular flexibility index (Phi) is 4.22. The molecule has 3 N–H and O–H groups in total. The summed E-state index contributed by atoms with van der Waals surface area (Å²) in [6.45, 7) is -1.88. The van der Waals surface area contributed by atoms with Crippen LogP contribution in [-0.2, 0) is 4.74 Å². The van der Waals surface area contributed by atoms with Gasteiger partial charge in [0, 0.05) is 12.3 Å². The molecular formula is C12H12F2N2O5. The lowest BCUT2D eigenvalue weighted by atomic mass is 9.96. The molecule has 1 aromatic heterocycles. The fourth-order valence-corrected chi connectivity index (χ4v) is 2.08. The number of aliphatic hydroxyl groups is 2. The summed E-state index contributed by atoms with van der Waals surface area (Å²) in [6.07, 6.45) is -3.99. The van der Waals surface area contributed by atoms with Crippen molar-refractivity contribution in [3.05, 3.63) is 33.1 Å². The minimum Gasteiger partial charge on any atom is -0.394 e. The summed E-state index contributed by atoms with van der Waals surface area (Å²) in [5.41, 5.74) is -4.49. The molecule has 0 aromatic carbocycles. The first-order valence-corrected chi connectivity index (χ1v) is 5.94. The fourth-order valence-electron chi connectivity index (χ4n) is 2.08. The van der Waals surface area contributed by atoms with Gasteiger partial charge in [0.15, 0.2) is 6.23 Å². The van der Waals surface area contributed by atoms with Crippen molar-refractivity contribution in [3.63, 3.8) is 0 Å². The number of aromatic amines is 1. The Bertz CT molecular complexity index is 691. The van der Waals surface area contributed by atoms with E-state index in [2.05, 4.69) is 0 Å². The monoisotopic (exact) mass is 302 g/mol. The molecule has 9 heteroatoms. The molecule has 0 saturated carbocycles. The van der Waals surface area contributed by atoms with Crippen molar-refractivity contribution in [1.82, 2.24) is 9.55 Å². The van der Waals surface area contributed by atoms with Crippen molar-refractivity contribution in [3.8, 4) is 11.8 Å². The van der Waals surface area contributed by atoms with Gasteiger partial charge in [-0.25, -0.2) is 13.6 Å². The molecule has 1 aliphatic heterocycles. The molecule has 114 valence electrons. The zero-order valence-corrected chi connectivity index (χ0v) is 10.6. The number of aliphatic hydroxyl groups excluding tert-OH is 2. The third-order valence-corrected chi connectivity index (χ3v) is 3.08. The van der Waals surface area contributed by atoms with Crippen molar-refractivity contribution < 1.29 is 23.7 Å². The SMILES string of the molecule is O=c1ccn([C@@H]2O[C@H](CO)C(O)[C@]2(F)C#CCF)c(=O)[nH]1. The molecule has 1 aliphatic rings. The largest absolute Gasteiger partial charge is 0.394 e. The van der Waals surface area contributed by atoms with E-state index >= 15 is 0 Å². The molecule has 0 aliphatic carbocycles. The van der Waals surface area contributed by atoms with Crippen LogP contribution in [0.5, 0.6) is 0 Å². The van der Waals surface area contributed by atoms with Crippen LogP contribution in [0.1, 0.15) is 6.23 Å². The zero-order chi connectivity index (χ0) is 15.6. The first kappa shape index (κ1) is 15.4. The molecular weight excluding hydrogens is 290 g/mol. The van der Waals surface area contributed by atoms with Gasteiger partial charge in [-0.2, -0.15) is 0 Å². The van der Waals surface area contributed by atoms with Gasteiger partial charge >= 0.3 is 5.69 Å². The van der Waals surface area contributed by atoms with E-state index in [-0.39, 0.29) is 0 Å². The smallest absolute Gasteiger partial charge is 0.330 e. The average molecular weight is 302 g/mol. The number of halogens is 2. The maximum absolute atomic E-state index is 14.9. The molecule has 2 rings (SSSR count). The van der Waals surface area contributed by atoms with Crippen molar-refractivity contribution >= 4 is 0 Å². The summed E-state index contributed by atoms with van der Waals surface area (Å²) in [4.78, 5) is 24.6. The second-order valence-electron chi connectivity index (χ2n) is 4.38. The number of hydrogen-bond acceptors (Lipinski definition) is 5. The number of aromatic nitrogens is 2. The Hall–Kier alpha value is -2.02. The van der Waals surface area contributed by atoms with Crippen LogP contribution in [0.2, 0.25) is 0 Å². The van der Waals surface area contributed by atoms with Crippen LogP contribution in [0.25, 0.3) is 0 Å². The summed E-state index contributed by atoms with van der Waals surface area (Å²) < 4.78 is 32.8. The van der Waals surface area contributed by atoms with Crippen molar-refractivity contribution in [2.24, 2.45) is 0 Å². The van der Waals surface area contributed by atoms with E-state index in [1.54, 1.807) is 0 Å². The minimum absolute atomic E-state index is 0.674. The zero-order valence-electron chi connectivity index (χ0n) is 10.6. The summed E-state index contributed by atoms with van der Waals surface area (Å²) in [5.74, 6) is 3.72. The van der Waals surface area contributed by atoms with Gasteiger partial charge in [-0.05, 0) is 0 Å². The number of nitrogens with one attached hydrogen (secondary N) is 1. The van der Waals surface area contributed by atoms with Crippen LogP contribution in [0, 0.1) is 11.8 Å². The van der Waals surface area contributed by atoms with Gasteiger partial charge in [0.2, 0.25) is 5.67 Å². The lowest BCUT2D eigenvalue weighted by Crippen LogP contribution is -2.45. The van der Waals surface area contributed by atoms with Crippen LogP contribution in [0.3, 0.4) is 0 Å². The van der Waals surface area contributed by atoms with E-state index in [4.69, 9.17) is 9.84 Å². The highest BCUT2D eigenvalue weighted by Crippen LogP contribution is 2.40. The number of nitrogens with zero attached hydrogens (tertiary/aromatic N) is 1. The van der Waals surface area contributed by atoms with Gasteiger partial charge in [-0.15, -0.1) is 0 Å². The molecule has 0 spiro atoms. The standard InChI is InChI=1S/C12H12F2N2O5/c13-4-1-3-12(14)9(19)7(6-17)21-10(12)16-5-2-8(18)15-11(16)20/h2,5,7,9-10,17,19H,4,6H2,(H,15,18,20)/t7-,9?,10-,12-/m1/s1. The molecule has 1 unspecified atom stereocenters. The first-order chi connectivity index (χ1) is 9.93. The first-order valence-electron chi connectivity index (χ1n) is 5.94. The van der Waals surface area contributed by atoms with E-state index in [1.807, 2.05) is 16.8 Å². The number of hydrogen-bond donors (Lipinski definition) is 3. The third kappa shape index (κ3) is 2.61. The Balaban J connectivity index is 2.53. The van der Waals surface area contributed by atoms with Crippen LogP contribution in [0.4, 0.5) is 8.78 Å². The van der Waals surface area contributed by atoms with Crippen molar-refractivity contribution in [2.45, 2.75) is 24.1 Å². The fraction of sp³-hybridized carbons (Fsp3) is 0.500. The molecule has 4 atom stereocenters. The van der Waals surface area contributed by atoms with Crippen LogP contribution in [-0.4, -0.2) is 50.9 Å². The topological polar surface area (TPSA) is 105 Å². The second-order valence-corrected chi connectivity index (χ2v) is 4.38. The van der Waals surface area contributed by atoms with Crippen molar-refractivity contribution in [2.75, 3.05) is 13.3 Å². The molecule has 1 aromatic rings. The predicted octanol–water partition coefficient (Wildman–Crippen LogP) is -1.53. The molecule has 7 nitrogen and oxygen atoms in total. The van der Waals surface area contributed by atoms with Crippen LogP contribution >= 0.6 is 0 Å². The van der Waals surface area contributed by atoms with Crippen LogP contribution < -0.4 is 11.2 Å². The Morgan fingerprint density at radius 1 is 1.52 bits per heavy atom. The minimum atomic E-state index is -2.80. The molecule has 2 heterocycles. The number of ether oxygens (including phenoxy) is 1. The molecule has 0 radical (unpaired) electrons. The summed E-state index contributed by atoms with van der Waals surface area (Å²) in [7, 11) is 0. The average Bonchev–Trinajstić information content (AvgIpc) is 2.70. The maximum Gasteiger partial charge on any atom is 0.330 e. The van der Waals surface area contributed by atoms with E-state index in [0.29, 0.717) is 4.57 Å². The lowest BCUT2D eigenvalue weighted by molar-refractivity contribution is -0.0543. The number of H-pyrrole nitrogens is 1.